The van der Waals surface area contributed by atoms with Crippen LogP contribution in [0.4, 0.5) is 0 Å². The van der Waals surface area contributed by atoms with Crippen molar-refractivity contribution in [3.05, 3.63) is 58.3 Å². The molecule has 3 nitrogen and oxygen atoms in total. The Balaban J connectivity index is 2.27. The third-order valence-corrected chi connectivity index (χ3v) is 3.69. The fraction of sp³-hybridized carbons (Fsp3) is 0.133. The van der Waals surface area contributed by atoms with Crippen LogP contribution in [-0.4, -0.2) is 9.55 Å². The van der Waals surface area contributed by atoms with Crippen LogP contribution in [0.5, 0.6) is 0 Å². The first kappa shape index (κ1) is 12.4. The molecule has 0 radical (unpaired) electrons. The van der Waals surface area contributed by atoms with E-state index < -0.39 is 0 Å². The van der Waals surface area contributed by atoms with Gasteiger partial charge in [0.25, 0.3) is 0 Å². The van der Waals surface area contributed by atoms with Crippen LogP contribution in [0, 0.1) is 6.92 Å². The van der Waals surface area contributed by atoms with Gasteiger partial charge < -0.3 is 10.3 Å². The highest BCUT2D eigenvalue weighted by Gasteiger charge is 2.08. The van der Waals surface area contributed by atoms with Gasteiger partial charge in [0.1, 0.15) is 5.65 Å². The summed E-state index contributed by atoms with van der Waals surface area (Å²) in [5.41, 5.74) is 10.0. The molecule has 96 valence electrons. The number of nitrogens with zero attached hydrogens (tertiary/aromatic N) is 2. The Hall–Kier alpha value is -1.65. The van der Waals surface area contributed by atoms with E-state index in [0.717, 1.165) is 32.5 Å². The van der Waals surface area contributed by atoms with Crippen LogP contribution in [0.2, 0.25) is 0 Å². The van der Waals surface area contributed by atoms with Gasteiger partial charge in [-0.3, -0.25) is 0 Å². The second-order valence-electron chi connectivity index (χ2n) is 4.53. The van der Waals surface area contributed by atoms with Gasteiger partial charge in [-0.05, 0) is 48.9 Å². The predicted octanol–water partition coefficient (Wildman–Crippen LogP) is 3.56. The highest BCUT2D eigenvalue weighted by Crippen LogP contribution is 2.24. The van der Waals surface area contributed by atoms with E-state index in [4.69, 9.17) is 5.73 Å². The molecule has 19 heavy (non-hydrogen) atoms. The van der Waals surface area contributed by atoms with Gasteiger partial charge >= 0.3 is 0 Å². The molecule has 1 aromatic carbocycles. The van der Waals surface area contributed by atoms with Crippen LogP contribution in [0.15, 0.2) is 47.1 Å². The number of fused-ring (bicyclic) bond motifs is 1. The molecule has 0 aliphatic heterocycles. The third-order valence-electron chi connectivity index (χ3n) is 3.20. The van der Waals surface area contributed by atoms with Gasteiger partial charge in [-0.2, -0.15) is 0 Å². The number of halogens is 1. The van der Waals surface area contributed by atoms with Gasteiger partial charge in [-0.15, -0.1) is 0 Å². The first-order valence-corrected chi connectivity index (χ1v) is 6.92. The zero-order valence-corrected chi connectivity index (χ0v) is 12.2. The molecule has 2 N–H and O–H groups in total. The zero-order valence-electron chi connectivity index (χ0n) is 10.6. The molecule has 0 bridgehead atoms. The van der Waals surface area contributed by atoms with Crippen LogP contribution in [-0.2, 0) is 6.54 Å². The maximum Gasteiger partial charge on any atom is 0.144 e. The number of aromatic nitrogens is 2. The fourth-order valence-electron chi connectivity index (χ4n) is 2.25. The SMILES string of the molecule is Cc1ccc2ccn(-c3ccc(Br)cc3CN)c2n1. The number of benzene rings is 1. The molecule has 3 rings (SSSR count). The summed E-state index contributed by atoms with van der Waals surface area (Å²) in [5, 5.41) is 1.14. The summed E-state index contributed by atoms with van der Waals surface area (Å²) in [7, 11) is 0. The van der Waals surface area contributed by atoms with Crippen molar-refractivity contribution in [1.29, 1.82) is 0 Å². The van der Waals surface area contributed by atoms with Crippen molar-refractivity contribution >= 4 is 27.0 Å². The molecule has 4 heteroatoms. The van der Waals surface area contributed by atoms with Crippen LogP contribution in [0.1, 0.15) is 11.3 Å². The van der Waals surface area contributed by atoms with Crippen LogP contribution in [0.25, 0.3) is 16.7 Å². The molecule has 3 aromatic rings. The number of aryl methyl sites for hydroxylation is 1. The molecule has 0 atom stereocenters. The monoisotopic (exact) mass is 315 g/mol. The normalized spacial score (nSPS) is 11.1. The molecule has 2 aromatic heterocycles. The van der Waals surface area contributed by atoms with Gasteiger partial charge in [-0.1, -0.05) is 15.9 Å². The van der Waals surface area contributed by atoms with Gasteiger partial charge in [0.05, 0.1) is 5.69 Å². The average Bonchev–Trinajstić information content (AvgIpc) is 2.81. The highest BCUT2D eigenvalue weighted by atomic mass is 79.9. The Labute approximate surface area is 120 Å². The minimum absolute atomic E-state index is 0.500. The van der Waals surface area contributed by atoms with Crippen LogP contribution < -0.4 is 5.73 Å². The van der Waals surface area contributed by atoms with Gasteiger partial charge in [0.15, 0.2) is 0 Å². The summed E-state index contributed by atoms with van der Waals surface area (Å²) in [5.74, 6) is 0. The van der Waals surface area contributed by atoms with Gasteiger partial charge in [0, 0.05) is 28.3 Å². The lowest BCUT2D eigenvalue weighted by atomic mass is 10.2. The van der Waals surface area contributed by atoms with E-state index in [2.05, 4.69) is 49.7 Å². The number of pyridine rings is 1. The minimum atomic E-state index is 0.500. The average molecular weight is 316 g/mol. The highest BCUT2D eigenvalue weighted by molar-refractivity contribution is 9.10. The lowest BCUT2D eigenvalue weighted by molar-refractivity contribution is 0.995. The first-order chi connectivity index (χ1) is 9.19. The lowest BCUT2D eigenvalue weighted by Crippen LogP contribution is -2.04. The van der Waals surface area contributed by atoms with Crippen molar-refractivity contribution in [1.82, 2.24) is 9.55 Å². The number of rotatable bonds is 2. The summed E-state index contributed by atoms with van der Waals surface area (Å²) in [6.07, 6.45) is 2.04. The van der Waals surface area contributed by atoms with E-state index in [1.165, 1.54) is 0 Å². The number of hydrogen-bond acceptors (Lipinski definition) is 2. The summed E-state index contributed by atoms with van der Waals surface area (Å²) >= 11 is 3.48. The molecule has 0 spiro atoms. The first-order valence-electron chi connectivity index (χ1n) is 6.12. The van der Waals surface area contributed by atoms with Crippen molar-refractivity contribution in [2.45, 2.75) is 13.5 Å². The summed E-state index contributed by atoms with van der Waals surface area (Å²) in [6.45, 7) is 2.50. The maximum absolute atomic E-state index is 5.85. The second kappa shape index (κ2) is 4.79. The minimum Gasteiger partial charge on any atom is -0.326 e. The van der Waals surface area contributed by atoms with Crippen LogP contribution in [0.3, 0.4) is 0 Å². The van der Waals surface area contributed by atoms with Crippen molar-refractivity contribution < 1.29 is 0 Å². The van der Waals surface area contributed by atoms with E-state index in [1.54, 1.807) is 0 Å². The fourth-order valence-corrected chi connectivity index (χ4v) is 2.66. The third kappa shape index (κ3) is 2.17. The van der Waals surface area contributed by atoms with Gasteiger partial charge in [0.2, 0.25) is 0 Å². The van der Waals surface area contributed by atoms with E-state index in [-0.39, 0.29) is 0 Å². The molecule has 0 amide bonds. The molecule has 0 saturated carbocycles. The van der Waals surface area contributed by atoms with E-state index in [9.17, 15) is 0 Å². The van der Waals surface area contributed by atoms with Crippen molar-refractivity contribution in [3.63, 3.8) is 0 Å². The predicted molar refractivity (Wildman–Crippen MR) is 81.4 cm³/mol. The Morgan fingerprint density at radius 1 is 1.21 bits per heavy atom. The van der Waals surface area contributed by atoms with E-state index >= 15 is 0 Å². The summed E-state index contributed by atoms with van der Waals surface area (Å²) in [4.78, 5) is 4.62. The van der Waals surface area contributed by atoms with E-state index in [0.29, 0.717) is 6.54 Å². The van der Waals surface area contributed by atoms with Crippen LogP contribution >= 0.6 is 15.9 Å². The number of hydrogen-bond donors (Lipinski definition) is 1. The molecule has 0 aliphatic rings. The lowest BCUT2D eigenvalue weighted by Gasteiger charge is -2.11. The smallest absolute Gasteiger partial charge is 0.144 e. The quantitative estimate of drug-likeness (QED) is 0.786. The molecule has 2 heterocycles. The molecular weight excluding hydrogens is 302 g/mol. The Morgan fingerprint density at radius 3 is 2.84 bits per heavy atom. The van der Waals surface area contributed by atoms with Crippen molar-refractivity contribution in [2.24, 2.45) is 5.73 Å². The number of nitrogens with two attached hydrogens (primary N) is 1. The molecule has 0 saturated heterocycles. The standard InChI is InChI=1S/C15H14BrN3/c1-10-2-3-11-6-7-19(15(11)18-10)14-5-4-13(16)8-12(14)9-17/h2-8H,9,17H2,1H3. The molecule has 0 unspecified atom stereocenters. The Morgan fingerprint density at radius 2 is 2.05 bits per heavy atom. The van der Waals surface area contributed by atoms with Gasteiger partial charge in [-0.25, -0.2) is 4.98 Å². The summed E-state index contributed by atoms with van der Waals surface area (Å²) in [6, 6.07) is 12.3. The Bertz CT molecular complexity index is 746. The maximum atomic E-state index is 5.85. The summed E-state index contributed by atoms with van der Waals surface area (Å²) < 4.78 is 3.13. The second-order valence-corrected chi connectivity index (χ2v) is 5.44. The molecule has 0 fully saturated rings. The van der Waals surface area contributed by atoms with E-state index in [1.807, 2.05) is 25.3 Å². The Kier molecular flexibility index (Phi) is 3.12. The van der Waals surface area contributed by atoms with Crippen molar-refractivity contribution in [3.8, 4) is 5.69 Å². The largest absolute Gasteiger partial charge is 0.326 e. The topological polar surface area (TPSA) is 43.8 Å². The zero-order chi connectivity index (χ0) is 13.4. The molecule has 0 aliphatic carbocycles. The molecular formula is C15H14BrN3. The van der Waals surface area contributed by atoms with Crippen molar-refractivity contribution in [2.75, 3.05) is 0 Å².